The van der Waals surface area contributed by atoms with Crippen molar-refractivity contribution in [1.82, 2.24) is 15.0 Å². The van der Waals surface area contributed by atoms with Crippen molar-refractivity contribution in [2.75, 3.05) is 23.8 Å². The number of esters is 2. The Bertz CT molecular complexity index is 1090. The maximum Gasteiger partial charge on any atom is 0.338 e. The third-order valence-electron chi connectivity index (χ3n) is 5.93. The number of carbonyl (C=O) groups is 2. The lowest BCUT2D eigenvalue weighted by Gasteiger charge is -2.21. The van der Waals surface area contributed by atoms with E-state index in [4.69, 9.17) is 19.4 Å². The van der Waals surface area contributed by atoms with E-state index in [2.05, 4.69) is 15.6 Å². The minimum absolute atomic E-state index is 0.278. The van der Waals surface area contributed by atoms with Gasteiger partial charge in [0.1, 0.15) is 5.82 Å². The van der Waals surface area contributed by atoms with Crippen LogP contribution in [0.15, 0.2) is 48.5 Å². The van der Waals surface area contributed by atoms with Crippen molar-refractivity contribution in [2.45, 2.75) is 51.9 Å². The number of anilines is 4. The van der Waals surface area contributed by atoms with Gasteiger partial charge in [-0.15, -0.1) is 0 Å². The molecule has 0 bridgehead atoms. The molecule has 4 rings (SSSR count). The molecule has 9 nitrogen and oxygen atoms in total. The van der Waals surface area contributed by atoms with Gasteiger partial charge in [-0.3, -0.25) is 0 Å². The standard InChI is InChI=1S/C27H31N5O4/c1-3-35-24(33)19-10-14-21(15-11-19)28-26-30-23(18-8-6-5-7-9-18)31-27(32-26)29-22-16-12-20(13-17-22)25(34)36-4-2/h10-18H,3-9H2,1-2H3,(H2,28,29,30,31,32). The lowest BCUT2D eigenvalue weighted by molar-refractivity contribution is 0.0517. The first kappa shape index (κ1) is 25.1. The van der Waals surface area contributed by atoms with Crippen LogP contribution in [0.4, 0.5) is 23.3 Å². The first-order valence-electron chi connectivity index (χ1n) is 12.4. The van der Waals surface area contributed by atoms with Gasteiger partial charge in [0.05, 0.1) is 24.3 Å². The minimum Gasteiger partial charge on any atom is -0.462 e. The fraction of sp³-hybridized carbons (Fsp3) is 0.370. The molecule has 0 unspecified atom stereocenters. The molecule has 1 aliphatic rings. The van der Waals surface area contributed by atoms with Gasteiger partial charge in [0.2, 0.25) is 11.9 Å². The van der Waals surface area contributed by atoms with Crippen molar-refractivity contribution >= 4 is 35.2 Å². The summed E-state index contributed by atoms with van der Waals surface area (Å²) in [6.07, 6.45) is 5.65. The van der Waals surface area contributed by atoms with Crippen LogP contribution in [-0.2, 0) is 9.47 Å². The molecule has 36 heavy (non-hydrogen) atoms. The van der Waals surface area contributed by atoms with Gasteiger partial charge >= 0.3 is 11.9 Å². The van der Waals surface area contributed by atoms with E-state index in [1.54, 1.807) is 62.4 Å². The van der Waals surface area contributed by atoms with Crippen LogP contribution >= 0.6 is 0 Å². The van der Waals surface area contributed by atoms with E-state index in [9.17, 15) is 9.59 Å². The Labute approximate surface area is 210 Å². The monoisotopic (exact) mass is 489 g/mol. The fourth-order valence-electron chi connectivity index (χ4n) is 4.11. The number of carbonyl (C=O) groups excluding carboxylic acids is 2. The number of benzene rings is 2. The van der Waals surface area contributed by atoms with Crippen LogP contribution in [0.2, 0.25) is 0 Å². The van der Waals surface area contributed by atoms with Gasteiger partial charge in [-0.05, 0) is 75.2 Å². The van der Waals surface area contributed by atoms with Crippen LogP contribution in [-0.4, -0.2) is 40.1 Å². The van der Waals surface area contributed by atoms with Gasteiger partial charge in [-0.1, -0.05) is 19.3 Å². The molecular weight excluding hydrogens is 458 g/mol. The summed E-state index contributed by atoms with van der Waals surface area (Å²) in [5.41, 5.74) is 2.45. The van der Waals surface area contributed by atoms with Gasteiger partial charge in [0.15, 0.2) is 0 Å². The zero-order valence-corrected chi connectivity index (χ0v) is 20.6. The van der Waals surface area contributed by atoms with Crippen molar-refractivity contribution in [2.24, 2.45) is 0 Å². The Kier molecular flexibility index (Phi) is 8.44. The lowest BCUT2D eigenvalue weighted by Crippen LogP contribution is -2.13. The van der Waals surface area contributed by atoms with Crippen molar-refractivity contribution in [1.29, 1.82) is 0 Å². The average molecular weight is 490 g/mol. The number of nitrogens with one attached hydrogen (secondary N) is 2. The Morgan fingerprint density at radius 2 is 1.17 bits per heavy atom. The van der Waals surface area contributed by atoms with Crippen molar-refractivity contribution in [3.05, 3.63) is 65.5 Å². The molecule has 0 radical (unpaired) electrons. The first-order valence-corrected chi connectivity index (χ1v) is 12.4. The normalized spacial score (nSPS) is 13.6. The minimum atomic E-state index is -0.357. The van der Waals surface area contributed by atoms with E-state index in [0.717, 1.165) is 42.9 Å². The van der Waals surface area contributed by atoms with E-state index >= 15 is 0 Å². The highest BCUT2D eigenvalue weighted by Gasteiger charge is 2.20. The van der Waals surface area contributed by atoms with Gasteiger partial charge in [0, 0.05) is 17.3 Å². The number of aromatic nitrogens is 3. The van der Waals surface area contributed by atoms with E-state index in [1.165, 1.54) is 6.42 Å². The van der Waals surface area contributed by atoms with E-state index in [-0.39, 0.29) is 17.9 Å². The molecule has 0 amide bonds. The molecule has 0 spiro atoms. The highest BCUT2D eigenvalue weighted by molar-refractivity contribution is 5.90. The zero-order chi connectivity index (χ0) is 25.3. The summed E-state index contributed by atoms with van der Waals surface area (Å²) in [5, 5.41) is 6.46. The Hall–Kier alpha value is -4.01. The summed E-state index contributed by atoms with van der Waals surface area (Å²) in [6.45, 7) is 4.21. The van der Waals surface area contributed by atoms with Crippen LogP contribution in [0.25, 0.3) is 0 Å². The second-order valence-corrected chi connectivity index (χ2v) is 8.52. The fourth-order valence-corrected chi connectivity index (χ4v) is 4.11. The van der Waals surface area contributed by atoms with Crippen LogP contribution in [0.3, 0.4) is 0 Å². The maximum absolute atomic E-state index is 11.9. The molecule has 0 saturated heterocycles. The molecule has 0 aliphatic heterocycles. The van der Waals surface area contributed by atoms with Crippen LogP contribution in [0.1, 0.15) is 78.4 Å². The molecule has 1 heterocycles. The van der Waals surface area contributed by atoms with Crippen LogP contribution < -0.4 is 10.6 Å². The number of nitrogens with zero attached hydrogens (tertiary/aromatic N) is 3. The van der Waals surface area contributed by atoms with Crippen molar-refractivity contribution in [3.8, 4) is 0 Å². The predicted molar refractivity (Wildman–Crippen MR) is 137 cm³/mol. The highest BCUT2D eigenvalue weighted by atomic mass is 16.5. The van der Waals surface area contributed by atoms with Gasteiger partial charge in [-0.2, -0.15) is 15.0 Å². The van der Waals surface area contributed by atoms with Crippen LogP contribution in [0.5, 0.6) is 0 Å². The van der Waals surface area contributed by atoms with E-state index < -0.39 is 0 Å². The molecule has 0 atom stereocenters. The molecule has 3 aromatic rings. The molecule has 9 heteroatoms. The Balaban J connectivity index is 1.55. The largest absolute Gasteiger partial charge is 0.462 e. The molecule has 1 saturated carbocycles. The number of hydrogen-bond donors (Lipinski definition) is 2. The molecule has 1 fully saturated rings. The quantitative estimate of drug-likeness (QED) is 0.362. The second-order valence-electron chi connectivity index (χ2n) is 8.52. The summed E-state index contributed by atoms with van der Waals surface area (Å²) in [4.78, 5) is 37.9. The highest BCUT2D eigenvalue weighted by Crippen LogP contribution is 2.32. The molecule has 1 aliphatic carbocycles. The Morgan fingerprint density at radius 1 is 0.722 bits per heavy atom. The Morgan fingerprint density at radius 3 is 1.58 bits per heavy atom. The average Bonchev–Trinajstić information content (AvgIpc) is 2.90. The molecule has 188 valence electrons. The van der Waals surface area contributed by atoms with Gasteiger partial charge in [-0.25, -0.2) is 9.59 Å². The number of rotatable bonds is 9. The topological polar surface area (TPSA) is 115 Å². The summed E-state index contributed by atoms with van der Waals surface area (Å²) in [6, 6.07) is 14.0. The third kappa shape index (κ3) is 6.56. The van der Waals surface area contributed by atoms with Gasteiger partial charge < -0.3 is 20.1 Å². The maximum atomic E-state index is 11.9. The summed E-state index contributed by atoms with van der Waals surface area (Å²) < 4.78 is 10.1. The summed E-state index contributed by atoms with van der Waals surface area (Å²) in [5.74, 6) is 1.15. The van der Waals surface area contributed by atoms with Crippen LogP contribution in [0, 0.1) is 0 Å². The molecular formula is C27H31N5O4. The number of hydrogen-bond acceptors (Lipinski definition) is 9. The van der Waals surface area contributed by atoms with Crippen molar-refractivity contribution < 1.29 is 19.1 Å². The summed E-state index contributed by atoms with van der Waals surface area (Å²) >= 11 is 0. The molecule has 2 aromatic carbocycles. The van der Waals surface area contributed by atoms with Gasteiger partial charge in [0.25, 0.3) is 0 Å². The predicted octanol–water partition coefficient (Wildman–Crippen LogP) is 5.76. The summed E-state index contributed by atoms with van der Waals surface area (Å²) in [7, 11) is 0. The van der Waals surface area contributed by atoms with E-state index in [1.807, 2.05) is 0 Å². The smallest absolute Gasteiger partial charge is 0.338 e. The molecule has 2 N–H and O–H groups in total. The lowest BCUT2D eigenvalue weighted by atomic mass is 9.89. The number of ether oxygens (including phenoxy) is 2. The second kappa shape index (κ2) is 12.1. The molecule has 1 aromatic heterocycles. The SMILES string of the molecule is CCOC(=O)c1ccc(Nc2nc(Nc3ccc(C(=O)OCC)cc3)nc(C3CCCCC3)n2)cc1. The van der Waals surface area contributed by atoms with E-state index in [0.29, 0.717) is 36.2 Å². The first-order chi connectivity index (χ1) is 17.6. The zero-order valence-electron chi connectivity index (χ0n) is 20.6. The van der Waals surface area contributed by atoms with Crippen molar-refractivity contribution in [3.63, 3.8) is 0 Å². The third-order valence-corrected chi connectivity index (χ3v) is 5.93.